The van der Waals surface area contributed by atoms with Crippen LogP contribution in [0, 0.1) is 0 Å². The summed E-state index contributed by atoms with van der Waals surface area (Å²) in [5.41, 5.74) is 0. The number of rotatable bonds is 0. The summed E-state index contributed by atoms with van der Waals surface area (Å²) in [5, 5.41) is 0. The molecule has 5 heavy (non-hydrogen) atoms. The van der Waals surface area contributed by atoms with Gasteiger partial charge in [-0.15, -0.1) is 24.8 Å². The van der Waals surface area contributed by atoms with E-state index >= 15 is 0 Å². The van der Waals surface area contributed by atoms with Gasteiger partial charge in [0.2, 0.25) is 0 Å². The van der Waals surface area contributed by atoms with Gasteiger partial charge in [0.1, 0.15) is 0 Å². The van der Waals surface area contributed by atoms with Crippen molar-refractivity contribution in [2.24, 2.45) is 0 Å². The van der Waals surface area contributed by atoms with E-state index in [-0.39, 0.29) is 33.3 Å². The van der Waals surface area contributed by atoms with Crippen molar-refractivity contribution in [1.82, 2.24) is 0 Å². The second-order valence-corrected chi connectivity index (χ2v) is 0.548. The third-order valence-electron chi connectivity index (χ3n) is 0. The van der Waals surface area contributed by atoms with Gasteiger partial charge in [0, 0.05) is 6.66 Å². The Kier molecular flexibility index (Phi) is 77.8. The van der Waals surface area contributed by atoms with E-state index in [1.54, 1.807) is 6.66 Å². The zero-order valence-electron chi connectivity index (χ0n) is 2.67. The Morgan fingerprint density at radius 3 is 1.40 bits per heavy atom. The molecule has 0 aromatic carbocycles. The van der Waals surface area contributed by atoms with Gasteiger partial charge in [-0.2, -0.15) is 0 Å². The van der Waals surface area contributed by atoms with Crippen molar-refractivity contribution in [3.8, 4) is 0 Å². The van der Waals surface area contributed by atoms with Crippen molar-refractivity contribution in [1.29, 1.82) is 0 Å². The van der Waals surface area contributed by atoms with Crippen LogP contribution in [0.3, 0.4) is 0 Å². The van der Waals surface area contributed by atoms with Crippen LogP contribution in [0.1, 0.15) is 0 Å². The molecule has 0 rings (SSSR count). The molecule has 0 bridgehead atoms. The Hall–Kier alpha value is 0.680. The fourth-order valence-corrected chi connectivity index (χ4v) is 0. The molecule has 0 aliphatic heterocycles. The topological polar surface area (TPSA) is 17.1 Å². The molecule has 4 heteroatoms. The molecule has 0 heterocycles. The summed E-state index contributed by atoms with van der Waals surface area (Å²) in [6.45, 7) is 1.54. The molecule has 0 spiro atoms. The highest BCUT2D eigenvalue weighted by molar-refractivity contribution is 7.22. The van der Waals surface area contributed by atoms with Crippen molar-refractivity contribution < 1.29 is 4.57 Å². The minimum atomic E-state index is 0. The fourth-order valence-electron chi connectivity index (χ4n) is 0. The zero-order valence-corrected chi connectivity index (χ0v) is 5.20. The van der Waals surface area contributed by atoms with Gasteiger partial charge in [-0.05, 0) is 0 Å². The van der Waals surface area contributed by atoms with Gasteiger partial charge in [0.05, 0.1) is 0 Å². The number of halogens is 2. The van der Waals surface area contributed by atoms with E-state index in [4.69, 9.17) is 4.57 Å². The van der Waals surface area contributed by atoms with E-state index in [2.05, 4.69) is 0 Å². The van der Waals surface area contributed by atoms with Crippen LogP contribution in [0.2, 0.25) is 0 Å². The Bertz CT molecular complexity index is 17.1. The molecular weight excluding hydrogens is 130 g/mol. The normalized spacial score (nSPS) is 4.20. The summed E-state index contributed by atoms with van der Waals surface area (Å²) in [7, 11) is 0.167. The molecule has 34 valence electrons. The first kappa shape index (κ1) is 17.3. The van der Waals surface area contributed by atoms with E-state index in [0.29, 0.717) is 0 Å². The fraction of sp³-hybridized carbons (Fsp3) is 1.00. The Balaban J connectivity index is -0.0000000200. The first-order valence-corrected chi connectivity index (χ1v) is 1.89. The van der Waals surface area contributed by atoms with E-state index in [0.717, 1.165) is 0 Å². The van der Waals surface area contributed by atoms with Crippen molar-refractivity contribution in [2.75, 3.05) is 6.66 Å². The largest absolute Gasteiger partial charge is 0.275 e. The van der Waals surface area contributed by atoms with Gasteiger partial charge in [-0.1, -0.05) is 0 Å². The summed E-state index contributed by atoms with van der Waals surface area (Å²) in [4.78, 5) is 0. The first-order chi connectivity index (χ1) is 1.41. The van der Waals surface area contributed by atoms with Crippen LogP contribution >= 0.6 is 33.3 Å². The lowest BCUT2D eigenvalue weighted by atomic mass is 12.0. The maximum Gasteiger partial charge on any atom is 0.151 e. The molecule has 0 saturated carbocycles. The highest BCUT2D eigenvalue weighted by atomic mass is 35.5. The molecule has 0 unspecified atom stereocenters. The molecule has 0 amide bonds. The monoisotopic (exact) mass is 134 g/mol. The Labute approximate surface area is 45.2 Å². The number of hydrogen-bond donors (Lipinski definition) is 0. The van der Waals surface area contributed by atoms with E-state index in [1.807, 2.05) is 0 Å². The summed E-state index contributed by atoms with van der Waals surface area (Å²) >= 11 is 0. The molecule has 0 saturated heterocycles. The third kappa shape index (κ3) is 72.7. The van der Waals surface area contributed by atoms with Crippen molar-refractivity contribution in [3.05, 3.63) is 0 Å². The lowest BCUT2D eigenvalue weighted by Crippen LogP contribution is -0.988. The van der Waals surface area contributed by atoms with Gasteiger partial charge in [0.15, 0.2) is 8.46 Å². The minimum Gasteiger partial charge on any atom is -0.275 e. The minimum absolute atomic E-state index is 0. The highest BCUT2D eigenvalue weighted by Gasteiger charge is 1.27. The van der Waals surface area contributed by atoms with Crippen LogP contribution < -0.4 is 0 Å². The molecule has 0 aliphatic rings. The molecule has 0 aromatic rings. The number of hydrogen-bond acceptors (Lipinski definition) is 1. The van der Waals surface area contributed by atoms with Gasteiger partial charge in [-0.25, -0.2) is 0 Å². The van der Waals surface area contributed by atoms with E-state index in [1.165, 1.54) is 0 Å². The predicted molar refractivity (Wildman–Crippen MR) is 28.0 cm³/mol. The van der Waals surface area contributed by atoms with Gasteiger partial charge in [0.25, 0.3) is 0 Å². The maximum absolute atomic E-state index is 8.90. The molecular formula is CH5Cl2OP. The average Bonchev–Trinajstić information content (AvgIpc) is 0.918. The predicted octanol–water partition coefficient (Wildman–Crippen LogP) is 1.75. The zero-order chi connectivity index (χ0) is 2.71. The van der Waals surface area contributed by atoms with Gasteiger partial charge in [-0.3, -0.25) is 4.57 Å². The lowest BCUT2D eigenvalue weighted by Gasteiger charge is -1.20. The molecule has 1 nitrogen and oxygen atoms in total. The van der Waals surface area contributed by atoms with Gasteiger partial charge >= 0.3 is 0 Å². The first-order valence-electron chi connectivity index (χ1n) is 0.630. The van der Waals surface area contributed by atoms with Crippen molar-refractivity contribution >= 4 is 33.3 Å². The van der Waals surface area contributed by atoms with Crippen LogP contribution in [0.25, 0.3) is 0 Å². The Morgan fingerprint density at radius 1 is 1.40 bits per heavy atom. The average molecular weight is 135 g/mol. The second-order valence-electron chi connectivity index (χ2n) is 0.183. The van der Waals surface area contributed by atoms with Crippen LogP contribution in [0.4, 0.5) is 0 Å². The smallest absolute Gasteiger partial charge is 0.151 e. The summed E-state index contributed by atoms with van der Waals surface area (Å²) in [6, 6.07) is 0. The molecule has 0 fully saturated rings. The molecule has 0 N–H and O–H groups in total. The quantitative estimate of drug-likeness (QED) is 0.462. The van der Waals surface area contributed by atoms with Crippen LogP contribution in [0.15, 0.2) is 0 Å². The maximum atomic E-state index is 8.90. The van der Waals surface area contributed by atoms with Gasteiger partial charge < -0.3 is 0 Å². The molecule has 0 aliphatic carbocycles. The van der Waals surface area contributed by atoms with Crippen LogP contribution in [-0.2, 0) is 4.57 Å². The summed E-state index contributed by atoms with van der Waals surface area (Å²) in [6.07, 6.45) is 0. The standard InChI is InChI=1S/CH3OP.2ClH/c1-3-2;;/h1H3;2*1H. The molecule has 0 atom stereocenters. The summed E-state index contributed by atoms with van der Waals surface area (Å²) in [5.74, 6) is 0. The molecule has 0 radical (unpaired) electrons. The Morgan fingerprint density at radius 2 is 1.40 bits per heavy atom. The summed E-state index contributed by atoms with van der Waals surface area (Å²) < 4.78 is 8.90. The highest BCUT2D eigenvalue weighted by Crippen LogP contribution is 1.67. The van der Waals surface area contributed by atoms with Crippen molar-refractivity contribution in [3.63, 3.8) is 0 Å². The molecule has 0 aromatic heterocycles. The SMILES string of the molecule is CP=O.Cl.Cl. The van der Waals surface area contributed by atoms with Crippen LogP contribution in [-0.4, -0.2) is 6.66 Å². The van der Waals surface area contributed by atoms with E-state index < -0.39 is 0 Å². The van der Waals surface area contributed by atoms with Crippen LogP contribution in [0.5, 0.6) is 0 Å². The second kappa shape index (κ2) is 22.5. The third-order valence-corrected chi connectivity index (χ3v) is 0. The lowest BCUT2D eigenvalue weighted by molar-refractivity contribution is 0.601. The van der Waals surface area contributed by atoms with E-state index in [9.17, 15) is 0 Å². The van der Waals surface area contributed by atoms with Crippen molar-refractivity contribution in [2.45, 2.75) is 0 Å².